The standard InChI is InChI=1S/C26H26ClN3O4/c1-16(31)28-23-11-9-18(14-22(23)27)29-25(32)17-6-5-13-30(15-17)26(33)21-10-12-24(34-2)20-8-4-3-7-19(20)21/h3-4,7-12,14,17H,5-6,13,15H2,1-2H3,(H,28,31)(H,29,32). The molecule has 1 saturated heterocycles. The minimum Gasteiger partial charge on any atom is -0.496 e. The van der Waals surface area contributed by atoms with Crippen LogP contribution in [0.25, 0.3) is 10.8 Å². The number of nitrogens with zero attached hydrogens (tertiary/aromatic N) is 1. The van der Waals surface area contributed by atoms with E-state index in [4.69, 9.17) is 16.3 Å². The van der Waals surface area contributed by atoms with Crippen molar-refractivity contribution in [2.45, 2.75) is 19.8 Å². The van der Waals surface area contributed by atoms with E-state index in [-0.39, 0.29) is 23.6 Å². The Morgan fingerprint density at radius 1 is 1.03 bits per heavy atom. The number of carbonyl (C=O) groups excluding carboxylic acids is 3. The van der Waals surface area contributed by atoms with Crippen molar-refractivity contribution in [3.63, 3.8) is 0 Å². The van der Waals surface area contributed by atoms with Gasteiger partial charge in [-0.2, -0.15) is 0 Å². The molecule has 1 fully saturated rings. The first kappa shape index (κ1) is 23.6. The van der Waals surface area contributed by atoms with E-state index in [0.717, 1.165) is 17.2 Å². The van der Waals surface area contributed by atoms with Crippen LogP contribution in [0.15, 0.2) is 54.6 Å². The van der Waals surface area contributed by atoms with Gasteiger partial charge in [0.05, 0.1) is 23.7 Å². The zero-order valence-corrected chi connectivity index (χ0v) is 19.8. The first-order chi connectivity index (χ1) is 16.4. The monoisotopic (exact) mass is 479 g/mol. The lowest BCUT2D eigenvalue weighted by Gasteiger charge is -2.32. The normalized spacial score (nSPS) is 15.6. The SMILES string of the molecule is COc1ccc(C(=O)N2CCCC(C(=O)Nc3ccc(NC(C)=O)c(Cl)c3)C2)c2ccccc12. The van der Waals surface area contributed by atoms with Gasteiger partial charge in [-0.05, 0) is 48.6 Å². The van der Waals surface area contributed by atoms with E-state index in [1.54, 1.807) is 42.3 Å². The summed E-state index contributed by atoms with van der Waals surface area (Å²) in [6, 6.07) is 16.2. The van der Waals surface area contributed by atoms with Crippen LogP contribution in [-0.2, 0) is 9.59 Å². The molecule has 0 saturated carbocycles. The highest BCUT2D eigenvalue weighted by Crippen LogP contribution is 2.31. The number of hydrogen-bond donors (Lipinski definition) is 2. The number of amides is 3. The average Bonchev–Trinajstić information content (AvgIpc) is 2.84. The number of rotatable bonds is 5. The molecule has 1 unspecified atom stereocenters. The summed E-state index contributed by atoms with van der Waals surface area (Å²) in [7, 11) is 1.61. The number of anilines is 2. The van der Waals surface area contributed by atoms with E-state index in [2.05, 4.69) is 10.6 Å². The third kappa shape index (κ3) is 4.99. The fraction of sp³-hybridized carbons (Fsp3) is 0.269. The van der Waals surface area contributed by atoms with Crippen molar-refractivity contribution in [2.24, 2.45) is 5.92 Å². The Bertz CT molecular complexity index is 1260. The summed E-state index contributed by atoms with van der Waals surface area (Å²) < 4.78 is 5.44. The lowest BCUT2D eigenvalue weighted by atomic mass is 9.95. The molecule has 3 amide bonds. The molecule has 0 aliphatic carbocycles. The summed E-state index contributed by atoms with van der Waals surface area (Å²) in [5, 5.41) is 7.56. The highest BCUT2D eigenvalue weighted by atomic mass is 35.5. The second-order valence-electron chi connectivity index (χ2n) is 8.32. The summed E-state index contributed by atoms with van der Waals surface area (Å²) in [4.78, 5) is 39.4. The molecule has 0 bridgehead atoms. The van der Waals surface area contributed by atoms with Crippen molar-refractivity contribution in [3.05, 3.63) is 65.2 Å². The molecule has 0 aromatic heterocycles. The molecule has 2 N–H and O–H groups in total. The van der Waals surface area contributed by atoms with Crippen LogP contribution >= 0.6 is 11.6 Å². The van der Waals surface area contributed by atoms with E-state index in [0.29, 0.717) is 47.2 Å². The summed E-state index contributed by atoms with van der Waals surface area (Å²) in [5.74, 6) is -0.114. The third-order valence-electron chi connectivity index (χ3n) is 5.96. The number of fused-ring (bicyclic) bond motifs is 1. The molecule has 0 radical (unpaired) electrons. The van der Waals surface area contributed by atoms with Gasteiger partial charge in [0.25, 0.3) is 5.91 Å². The van der Waals surface area contributed by atoms with Gasteiger partial charge >= 0.3 is 0 Å². The zero-order valence-electron chi connectivity index (χ0n) is 19.1. The highest BCUT2D eigenvalue weighted by Gasteiger charge is 2.30. The Labute approximate surface area is 203 Å². The van der Waals surface area contributed by atoms with Gasteiger partial charge in [0.1, 0.15) is 5.75 Å². The van der Waals surface area contributed by atoms with E-state index in [1.165, 1.54) is 6.92 Å². The number of benzene rings is 3. The highest BCUT2D eigenvalue weighted by molar-refractivity contribution is 6.34. The molecule has 7 nitrogen and oxygen atoms in total. The predicted molar refractivity (Wildman–Crippen MR) is 134 cm³/mol. The maximum absolute atomic E-state index is 13.4. The molecule has 8 heteroatoms. The zero-order chi connectivity index (χ0) is 24.2. The van der Waals surface area contributed by atoms with Crippen molar-refractivity contribution in [1.82, 2.24) is 4.90 Å². The van der Waals surface area contributed by atoms with Gasteiger partial charge in [0.2, 0.25) is 11.8 Å². The van der Waals surface area contributed by atoms with Gasteiger partial charge in [-0.3, -0.25) is 14.4 Å². The van der Waals surface area contributed by atoms with Crippen molar-refractivity contribution in [2.75, 3.05) is 30.8 Å². The second kappa shape index (κ2) is 10.1. The molecule has 1 atom stereocenters. The predicted octanol–water partition coefficient (Wildman–Crippen LogP) is 4.95. The molecular formula is C26H26ClN3O4. The number of methoxy groups -OCH3 is 1. The first-order valence-corrected chi connectivity index (χ1v) is 11.5. The van der Waals surface area contributed by atoms with Crippen molar-refractivity contribution in [1.29, 1.82) is 0 Å². The minimum atomic E-state index is -0.337. The number of piperidine rings is 1. The lowest BCUT2D eigenvalue weighted by Crippen LogP contribution is -2.43. The van der Waals surface area contributed by atoms with Crippen LogP contribution in [0, 0.1) is 5.92 Å². The average molecular weight is 480 g/mol. The Morgan fingerprint density at radius 3 is 2.50 bits per heavy atom. The van der Waals surface area contributed by atoms with Crippen LogP contribution in [0.5, 0.6) is 5.75 Å². The number of nitrogens with one attached hydrogen (secondary N) is 2. The van der Waals surface area contributed by atoms with Gasteiger partial charge in [0, 0.05) is 36.7 Å². The molecular weight excluding hydrogens is 454 g/mol. The van der Waals surface area contributed by atoms with E-state index >= 15 is 0 Å². The Balaban J connectivity index is 1.48. The summed E-state index contributed by atoms with van der Waals surface area (Å²) in [6.07, 6.45) is 1.43. The quantitative estimate of drug-likeness (QED) is 0.542. The Kier molecular flexibility index (Phi) is 7.03. The number of halogens is 1. The van der Waals surface area contributed by atoms with E-state index in [9.17, 15) is 14.4 Å². The topological polar surface area (TPSA) is 87.7 Å². The number of carbonyl (C=O) groups is 3. The summed E-state index contributed by atoms with van der Waals surface area (Å²) in [6.45, 7) is 2.33. The molecule has 0 spiro atoms. The van der Waals surface area contributed by atoms with Crippen molar-refractivity contribution >= 4 is 51.5 Å². The third-order valence-corrected chi connectivity index (χ3v) is 6.27. The van der Waals surface area contributed by atoms with Crippen LogP contribution in [0.2, 0.25) is 5.02 Å². The molecule has 4 rings (SSSR count). The molecule has 3 aromatic carbocycles. The number of likely N-dealkylation sites (tertiary alicyclic amines) is 1. The second-order valence-corrected chi connectivity index (χ2v) is 8.72. The van der Waals surface area contributed by atoms with Gasteiger partial charge in [-0.25, -0.2) is 0 Å². The van der Waals surface area contributed by atoms with Crippen LogP contribution in [-0.4, -0.2) is 42.8 Å². The van der Waals surface area contributed by atoms with E-state index in [1.807, 2.05) is 24.3 Å². The summed E-state index contributed by atoms with van der Waals surface area (Å²) in [5.41, 5.74) is 1.61. The van der Waals surface area contributed by atoms with Crippen LogP contribution in [0.4, 0.5) is 11.4 Å². The fourth-order valence-corrected chi connectivity index (χ4v) is 4.54. The van der Waals surface area contributed by atoms with Crippen molar-refractivity contribution < 1.29 is 19.1 Å². The minimum absolute atomic E-state index is 0.0981. The molecule has 1 aliphatic rings. The fourth-order valence-electron chi connectivity index (χ4n) is 4.31. The lowest BCUT2D eigenvalue weighted by molar-refractivity contribution is -0.121. The molecule has 176 valence electrons. The number of hydrogen-bond acceptors (Lipinski definition) is 4. The molecule has 34 heavy (non-hydrogen) atoms. The van der Waals surface area contributed by atoms with Crippen LogP contribution < -0.4 is 15.4 Å². The van der Waals surface area contributed by atoms with Crippen LogP contribution in [0.1, 0.15) is 30.1 Å². The van der Waals surface area contributed by atoms with E-state index < -0.39 is 0 Å². The smallest absolute Gasteiger partial charge is 0.254 e. The first-order valence-electron chi connectivity index (χ1n) is 11.1. The van der Waals surface area contributed by atoms with Gasteiger partial charge in [-0.1, -0.05) is 35.9 Å². The summed E-state index contributed by atoms with van der Waals surface area (Å²) >= 11 is 6.22. The Hall–Kier alpha value is -3.58. The maximum Gasteiger partial charge on any atom is 0.254 e. The molecule has 1 aliphatic heterocycles. The van der Waals surface area contributed by atoms with Gasteiger partial charge in [0.15, 0.2) is 0 Å². The maximum atomic E-state index is 13.4. The number of ether oxygens (including phenoxy) is 1. The van der Waals surface area contributed by atoms with Gasteiger partial charge < -0.3 is 20.3 Å². The molecule has 3 aromatic rings. The Morgan fingerprint density at radius 2 is 1.79 bits per heavy atom. The van der Waals surface area contributed by atoms with Crippen molar-refractivity contribution in [3.8, 4) is 5.75 Å². The van der Waals surface area contributed by atoms with Gasteiger partial charge in [-0.15, -0.1) is 0 Å². The van der Waals surface area contributed by atoms with Crippen LogP contribution in [0.3, 0.4) is 0 Å². The molecule has 1 heterocycles. The largest absolute Gasteiger partial charge is 0.496 e.